The number of rotatable bonds is 4. The van der Waals surface area contributed by atoms with Crippen LogP contribution in [0.3, 0.4) is 0 Å². The fourth-order valence-corrected chi connectivity index (χ4v) is 1.77. The van der Waals surface area contributed by atoms with E-state index in [9.17, 15) is 0 Å². The van der Waals surface area contributed by atoms with E-state index in [4.69, 9.17) is 9.47 Å². The highest BCUT2D eigenvalue weighted by Gasteiger charge is 2.14. The molecule has 7 heteroatoms. The van der Waals surface area contributed by atoms with E-state index in [2.05, 4.69) is 25.9 Å². The summed E-state index contributed by atoms with van der Waals surface area (Å²) in [5, 5.41) is 17.1. The number of H-pyrrole nitrogens is 1. The molecule has 0 saturated heterocycles. The van der Waals surface area contributed by atoms with E-state index in [0.717, 1.165) is 17.1 Å². The van der Waals surface area contributed by atoms with Crippen LogP contribution in [0.2, 0.25) is 0 Å². The molecule has 1 atom stereocenters. The van der Waals surface area contributed by atoms with Crippen LogP contribution in [0.1, 0.15) is 24.4 Å². The Morgan fingerprint density at radius 3 is 3.11 bits per heavy atom. The lowest BCUT2D eigenvalue weighted by atomic mass is 10.2. The highest BCUT2D eigenvalue weighted by Crippen LogP contribution is 2.32. The quantitative estimate of drug-likeness (QED) is 0.830. The number of tetrazole rings is 1. The largest absolute Gasteiger partial charge is 0.454 e. The molecule has 2 aromatic rings. The number of hydrogen-bond acceptors (Lipinski definition) is 6. The summed E-state index contributed by atoms with van der Waals surface area (Å²) in [5.74, 6) is 2.24. The van der Waals surface area contributed by atoms with E-state index >= 15 is 0 Å². The van der Waals surface area contributed by atoms with Crippen molar-refractivity contribution in [2.45, 2.75) is 19.5 Å². The Morgan fingerprint density at radius 2 is 2.28 bits per heavy atom. The predicted octanol–water partition coefficient (Wildman–Crippen LogP) is 0.779. The van der Waals surface area contributed by atoms with Crippen molar-refractivity contribution >= 4 is 0 Å². The molecule has 2 heterocycles. The first kappa shape index (κ1) is 11.0. The van der Waals surface area contributed by atoms with Gasteiger partial charge in [-0.1, -0.05) is 11.3 Å². The van der Waals surface area contributed by atoms with Gasteiger partial charge in [0.2, 0.25) is 6.79 Å². The molecule has 1 aliphatic rings. The van der Waals surface area contributed by atoms with Gasteiger partial charge < -0.3 is 14.8 Å². The maximum absolute atomic E-state index is 5.33. The Kier molecular flexibility index (Phi) is 2.81. The molecular weight excluding hydrogens is 234 g/mol. The number of hydrogen-bond donors (Lipinski definition) is 2. The lowest BCUT2D eigenvalue weighted by molar-refractivity contribution is 0.174. The molecule has 0 amide bonds. The number of ether oxygens (including phenoxy) is 2. The zero-order chi connectivity index (χ0) is 12.4. The second-order valence-corrected chi connectivity index (χ2v) is 4.06. The Morgan fingerprint density at radius 1 is 1.39 bits per heavy atom. The molecule has 1 aromatic heterocycles. The van der Waals surface area contributed by atoms with Gasteiger partial charge in [0.25, 0.3) is 0 Å². The van der Waals surface area contributed by atoms with Gasteiger partial charge in [0, 0.05) is 6.54 Å². The minimum absolute atomic E-state index is 0.0363. The number of aromatic nitrogens is 4. The topological polar surface area (TPSA) is 85.0 Å². The van der Waals surface area contributed by atoms with Gasteiger partial charge in [-0.15, -0.1) is 10.2 Å². The summed E-state index contributed by atoms with van der Waals surface area (Å²) in [7, 11) is 0. The summed E-state index contributed by atoms with van der Waals surface area (Å²) < 4.78 is 10.6. The molecular formula is C11H13N5O2. The van der Waals surface area contributed by atoms with Crippen molar-refractivity contribution < 1.29 is 9.47 Å². The average molecular weight is 247 g/mol. The van der Waals surface area contributed by atoms with Crippen LogP contribution in [0.15, 0.2) is 18.2 Å². The van der Waals surface area contributed by atoms with Gasteiger partial charge in [0.15, 0.2) is 17.3 Å². The first-order valence-electron chi connectivity index (χ1n) is 5.68. The molecule has 1 aromatic carbocycles. The summed E-state index contributed by atoms with van der Waals surface area (Å²) >= 11 is 0. The Hall–Kier alpha value is -2.15. The minimum Gasteiger partial charge on any atom is -0.454 e. The lowest BCUT2D eigenvalue weighted by Crippen LogP contribution is -2.19. The summed E-state index contributed by atoms with van der Waals surface area (Å²) in [6.07, 6.45) is 0. The molecule has 1 aliphatic heterocycles. The average Bonchev–Trinajstić information content (AvgIpc) is 3.05. The molecule has 0 aliphatic carbocycles. The molecule has 0 saturated carbocycles. The Labute approximate surface area is 103 Å². The first-order valence-corrected chi connectivity index (χ1v) is 5.68. The SMILES string of the molecule is CC(NCc1ccc2c(c1)OCO2)c1nn[nH]n1. The fraction of sp³-hybridized carbons (Fsp3) is 0.364. The van der Waals surface area contributed by atoms with Crippen LogP contribution < -0.4 is 14.8 Å². The smallest absolute Gasteiger partial charge is 0.231 e. The van der Waals surface area contributed by atoms with Gasteiger partial charge in [-0.25, -0.2) is 0 Å². The third-order valence-electron chi connectivity index (χ3n) is 2.80. The van der Waals surface area contributed by atoms with Crippen LogP contribution in [0, 0.1) is 0 Å². The van der Waals surface area contributed by atoms with Crippen molar-refractivity contribution in [1.29, 1.82) is 0 Å². The molecule has 1 unspecified atom stereocenters. The first-order chi connectivity index (χ1) is 8.83. The summed E-state index contributed by atoms with van der Waals surface area (Å²) in [6.45, 7) is 2.98. The van der Waals surface area contributed by atoms with E-state index in [0.29, 0.717) is 19.2 Å². The van der Waals surface area contributed by atoms with E-state index in [1.165, 1.54) is 0 Å². The van der Waals surface area contributed by atoms with Crippen LogP contribution >= 0.6 is 0 Å². The van der Waals surface area contributed by atoms with Crippen LogP contribution in [0.4, 0.5) is 0 Å². The highest BCUT2D eigenvalue weighted by molar-refractivity contribution is 5.44. The van der Waals surface area contributed by atoms with Crippen LogP contribution in [0.25, 0.3) is 0 Å². The zero-order valence-corrected chi connectivity index (χ0v) is 9.88. The van der Waals surface area contributed by atoms with Gasteiger partial charge in [0.05, 0.1) is 6.04 Å². The van der Waals surface area contributed by atoms with Crippen molar-refractivity contribution in [3.8, 4) is 11.5 Å². The molecule has 0 fully saturated rings. The molecule has 18 heavy (non-hydrogen) atoms. The van der Waals surface area contributed by atoms with E-state index < -0.39 is 0 Å². The molecule has 94 valence electrons. The summed E-state index contributed by atoms with van der Waals surface area (Å²) in [6, 6.07) is 5.93. The Balaban J connectivity index is 1.63. The number of aromatic amines is 1. The monoisotopic (exact) mass is 247 g/mol. The van der Waals surface area contributed by atoms with Crippen molar-refractivity contribution in [2.75, 3.05) is 6.79 Å². The number of fused-ring (bicyclic) bond motifs is 1. The van der Waals surface area contributed by atoms with Gasteiger partial charge in [-0.3, -0.25) is 0 Å². The number of nitrogens with zero attached hydrogens (tertiary/aromatic N) is 3. The second-order valence-electron chi connectivity index (χ2n) is 4.06. The van der Waals surface area contributed by atoms with E-state index in [1.807, 2.05) is 25.1 Å². The molecule has 2 N–H and O–H groups in total. The van der Waals surface area contributed by atoms with Crippen LogP contribution in [0.5, 0.6) is 11.5 Å². The predicted molar refractivity (Wildman–Crippen MR) is 62.0 cm³/mol. The van der Waals surface area contributed by atoms with Gasteiger partial charge in [0.1, 0.15) is 0 Å². The van der Waals surface area contributed by atoms with Crippen molar-refractivity contribution in [3.63, 3.8) is 0 Å². The molecule has 0 radical (unpaired) electrons. The normalized spacial score (nSPS) is 14.7. The van der Waals surface area contributed by atoms with E-state index in [-0.39, 0.29) is 6.04 Å². The highest BCUT2D eigenvalue weighted by atomic mass is 16.7. The zero-order valence-electron chi connectivity index (χ0n) is 9.88. The second kappa shape index (κ2) is 4.61. The third kappa shape index (κ3) is 2.12. The number of nitrogens with one attached hydrogen (secondary N) is 2. The number of benzene rings is 1. The summed E-state index contributed by atoms with van der Waals surface area (Å²) in [5.41, 5.74) is 1.12. The minimum atomic E-state index is 0.0363. The van der Waals surface area contributed by atoms with Gasteiger partial charge >= 0.3 is 0 Å². The maximum atomic E-state index is 5.33. The molecule has 0 bridgehead atoms. The molecule has 0 spiro atoms. The standard InChI is InChI=1S/C11H13N5O2/c1-7(11-13-15-16-14-11)12-5-8-2-3-9-10(4-8)18-6-17-9/h2-4,7,12H,5-6H2,1H3,(H,13,14,15,16). The molecule has 3 rings (SSSR count). The van der Waals surface area contributed by atoms with Gasteiger partial charge in [-0.2, -0.15) is 5.21 Å². The van der Waals surface area contributed by atoms with Crippen molar-refractivity contribution in [2.24, 2.45) is 0 Å². The van der Waals surface area contributed by atoms with Crippen LogP contribution in [-0.2, 0) is 6.54 Å². The molecule has 7 nitrogen and oxygen atoms in total. The Bertz CT molecular complexity index is 528. The summed E-state index contributed by atoms with van der Waals surface area (Å²) in [4.78, 5) is 0. The van der Waals surface area contributed by atoms with Gasteiger partial charge in [-0.05, 0) is 24.6 Å². The van der Waals surface area contributed by atoms with Crippen molar-refractivity contribution in [1.82, 2.24) is 25.9 Å². The third-order valence-corrected chi connectivity index (χ3v) is 2.80. The maximum Gasteiger partial charge on any atom is 0.231 e. The van der Waals surface area contributed by atoms with E-state index in [1.54, 1.807) is 0 Å². The fourth-order valence-electron chi connectivity index (χ4n) is 1.77. The van der Waals surface area contributed by atoms with Crippen molar-refractivity contribution in [3.05, 3.63) is 29.6 Å². The lowest BCUT2D eigenvalue weighted by Gasteiger charge is -2.10. The van der Waals surface area contributed by atoms with Crippen LogP contribution in [-0.4, -0.2) is 27.4 Å².